The maximum Gasteiger partial charge on any atom is 0.187 e. The summed E-state index contributed by atoms with van der Waals surface area (Å²) in [5, 5.41) is 4.27. The van der Waals surface area contributed by atoms with Crippen molar-refractivity contribution in [1.82, 2.24) is 4.98 Å². The quantitative estimate of drug-likeness (QED) is 0.553. The zero-order chi connectivity index (χ0) is 20.5. The van der Waals surface area contributed by atoms with E-state index < -0.39 is 44.0 Å². The van der Waals surface area contributed by atoms with E-state index in [1.165, 1.54) is 16.8 Å². The van der Waals surface area contributed by atoms with Crippen molar-refractivity contribution in [3.63, 3.8) is 0 Å². The Morgan fingerprint density at radius 1 is 1.18 bits per heavy atom. The number of rotatable bonds is 6. The van der Waals surface area contributed by atoms with Gasteiger partial charge in [0.1, 0.15) is 22.3 Å². The van der Waals surface area contributed by atoms with Crippen molar-refractivity contribution in [3.8, 4) is 0 Å². The van der Waals surface area contributed by atoms with Gasteiger partial charge < -0.3 is 5.32 Å². The van der Waals surface area contributed by atoms with Gasteiger partial charge in [0.2, 0.25) is 0 Å². The lowest BCUT2D eigenvalue weighted by Gasteiger charge is -2.18. The Labute approximate surface area is 168 Å². The molecule has 28 heavy (non-hydrogen) atoms. The molecule has 0 saturated heterocycles. The predicted molar refractivity (Wildman–Crippen MR) is 103 cm³/mol. The zero-order valence-electron chi connectivity index (χ0n) is 14.4. The molecule has 0 radical (unpaired) electrons. The summed E-state index contributed by atoms with van der Waals surface area (Å²) >= 11 is 7.35. The lowest BCUT2D eigenvalue weighted by atomic mass is 10.1. The summed E-state index contributed by atoms with van der Waals surface area (Å²) in [4.78, 5) is 3.34. The van der Waals surface area contributed by atoms with Crippen LogP contribution in [0, 0.1) is 17.5 Å². The molecular formula is C18H14ClF3N2O2S2. The van der Waals surface area contributed by atoms with Crippen molar-refractivity contribution in [2.24, 2.45) is 0 Å². The predicted octanol–water partition coefficient (Wildman–Crippen LogP) is 5.36. The second kappa shape index (κ2) is 8.10. The second-order valence-corrected chi connectivity index (χ2v) is 9.12. The smallest absolute Gasteiger partial charge is 0.187 e. The SMILES string of the molecule is C[C@H](Nc1cc(F)c(S(=O)(=O)Cc2cscn2)cc1Cl)c1cc(F)ccc1F. The first-order valence-electron chi connectivity index (χ1n) is 7.97. The van der Waals surface area contributed by atoms with E-state index in [2.05, 4.69) is 10.3 Å². The molecule has 1 heterocycles. The van der Waals surface area contributed by atoms with E-state index in [1.807, 2.05) is 0 Å². The van der Waals surface area contributed by atoms with Crippen molar-refractivity contribution in [1.29, 1.82) is 0 Å². The summed E-state index contributed by atoms with van der Waals surface area (Å²) < 4.78 is 66.7. The fourth-order valence-corrected chi connectivity index (χ4v) is 4.92. The highest BCUT2D eigenvalue weighted by Crippen LogP contribution is 2.32. The Hall–Kier alpha value is -2.10. The molecule has 0 bridgehead atoms. The molecule has 3 rings (SSSR count). The topological polar surface area (TPSA) is 59.1 Å². The largest absolute Gasteiger partial charge is 0.377 e. The van der Waals surface area contributed by atoms with E-state index in [0.29, 0.717) is 5.69 Å². The molecule has 0 aliphatic rings. The van der Waals surface area contributed by atoms with Crippen molar-refractivity contribution in [2.75, 3.05) is 5.32 Å². The highest BCUT2D eigenvalue weighted by molar-refractivity contribution is 7.90. The molecule has 10 heteroatoms. The van der Waals surface area contributed by atoms with Gasteiger partial charge in [0.15, 0.2) is 9.84 Å². The van der Waals surface area contributed by atoms with Crippen LogP contribution in [0.3, 0.4) is 0 Å². The van der Waals surface area contributed by atoms with Crippen molar-refractivity contribution in [3.05, 3.63) is 75.0 Å². The third-order valence-corrected chi connectivity index (χ3v) is 6.58. The highest BCUT2D eigenvalue weighted by atomic mass is 35.5. The first kappa shape index (κ1) is 20.6. The van der Waals surface area contributed by atoms with Gasteiger partial charge in [-0.1, -0.05) is 11.6 Å². The molecule has 0 aliphatic carbocycles. The van der Waals surface area contributed by atoms with Crippen LogP contribution in [0.2, 0.25) is 5.02 Å². The number of nitrogens with one attached hydrogen (secondary N) is 1. The molecule has 1 aromatic heterocycles. The summed E-state index contributed by atoms with van der Waals surface area (Å²) in [7, 11) is -4.00. The normalized spacial score (nSPS) is 12.8. The van der Waals surface area contributed by atoms with E-state index in [9.17, 15) is 21.6 Å². The van der Waals surface area contributed by atoms with Crippen molar-refractivity contribution < 1.29 is 21.6 Å². The van der Waals surface area contributed by atoms with Crippen LogP contribution in [0.5, 0.6) is 0 Å². The summed E-state index contributed by atoms with van der Waals surface area (Å²) in [6.45, 7) is 1.54. The van der Waals surface area contributed by atoms with Crippen LogP contribution in [0.4, 0.5) is 18.9 Å². The van der Waals surface area contributed by atoms with Gasteiger partial charge in [-0.25, -0.2) is 26.6 Å². The molecule has 4 nitrogen and oxygen atoms in total. The van der Waals surface area contributed by atoms with Crippen LogP contribution in [0.15, 0.2) is 46.1 Å². The van der Waals surface area contributed by atoms with Crippen LogP contribution >= 0.6 is 22.9 Å². The Morgan fingerprint density at radius 3 is 2.61 bits per heavy atom. The maximum atomic E-state index is 14.5. The monoisotopic (exact) mass is 446 g/mol. The lowest BCUT2D eigenvalue weighted by molar-refractivity contribution is 0.565. The molecule has 0 aliphatic heterocycles. The number of benzene rings is 2. The molecule has 0 amide bonds. The van der Waals surface area contributed by atoms with Crippen LogP contribution in [0.25, 0.3) is 0 Å². The van der Waals surface area contributed by atoms with Crippen molar-refractivity contribution >= 4 is 38.5 Å². The first-order chi connectivity index (χ1) is 13.2. The minimum atomic E-state index is -4.00. The lowest BCUT2D eigenvalue weighted by Crippen LogP contribution is -2.12. The Kier molecular flexibility index (Phi) is 5.97. The standard InChI is InChI=1S/C18H14ClF3N2O2S2/c1-10(13-4-11(20)2-3-15(13)21)24-17-6-16(22)18(5-14(17)19)28(25,26)8-12-7-27-9-23-12/h2-7,9-10,24H,8H2,1H3/t10-/m0/s1. The third kappa shape index (κ3) is 4.48. The van der Waals surface area contributed by atoms with Crippen LogP contribution in [0.1, 0.15) is 24.2 Å². The van der Waals surface area contributed by atoms with Gasteiger partial charge in [0.05, 0.1) is 33.7 Å². The average Bonchev–Trinajstić information content (AvgIpc) is 3.11. The number of anilines is 1. The number of thiazole rings is 1. The molecular weight excluding hydrogens is 433 g/mol. The molecule has 148 valence electrons. The fourth-order valence-electron chi connectivity index (χ4n) is 2.62. The van der Waals surface area contributed by atoms with E-state index in [1.54, 1.807) is 12.3 Å². The third-order valence-electron chi connectivity index (χ3n) is 3.97. The zero-order valence-corrected chi connectivity index (χ0v) is 16.8. The van der Waals surface area contributed by atoms with Gasteiger partial charge in [0.25, 0.3) is 0 Å². The Balaban J connectivity index is 1.88. The second-order valence-electron chi connectivity index (χ2n) is 6.03. The van der Waals surface area contributed by atoms with Gasteiger partial charge >= 0.3 is 0 Å². The highest BCUT2D eigenvalue weighted by Gasteiger charge is 2.23. The number of nitrogens with zero attached hydrogens (tertiary/aromatic N) is 1. The minimum Gasteiger partial charge on any atom is -0.377 e. The van der Waals surface area contributed by atoms with Gasteiger partial charge in [-0.2, -0.15) is 0 Å². The molecule has 2 aromatic carbocycles. The molecule has 3 aromatic rings. The Morgan fingerprint density at radius 2 is 1.93 bits per heavy atom. The number of halogens is 4. The van der Waals surface area contributed by atoms with E-state index in [0.717, 1.165) is 30.3 Å². The van der Waals surface area contributed by atoms with E-state index in [-0.39, 0.29) is 16.3 Å². The fraction of sp³-hybridized carbons (Fsp3) is 0.167. The number of sulfone groups is 1. The Bertz CT molecular complexity index is 1110. The van der Waals surface area contributed by atoms with Crippen LogP contribution in [-0.4, -0.2) is 13.4 Å². The molecule has 0 spiro atoms. The van der Waals surface area contributed by atoms with Crippen LogP contribution < -0.4 is 5.32 Å². The summed E-state index contributed by atoms with van der Waals surface area (Å²) in [6, 6.07) is 4.16. The average molecular weight is 447 g/mol. The number of hydrogen-bond donors (Lipinski definition) is 1. The summed E-state index contributed by atoms with van der Waals surface area (Å²) in [6.07, 6.45) is 0. The molecule has 0 unspecified atom stereocenters. The molecule has 0 saturated carbocycles. The van der Waals surface area contributed by atoms with Crippen LogP contribution in [-0.2, 0) is 15.6 Å². The number of hydrogen-bond acceptors (Lipinski definition) is 5. The van der Waals surface area contributed by atoms with E-state index >= 15 is 0 Å². The summed E-state index contributed by atoms with van der Waals surface area (Å²) in [5.41, 5.74) is 1.87. The number of aromatic nitrogens is 1. The summed E-state index contributed by atoms with van der Waals surface area (Å²) in [5.74, 6) is -2.72. The minimum absolute atomic E-state index is 0.0247. The van der Waals surface area contributed by atoms with Gasteiger partial charge in [-0.15, -0.1) is 11.3 Å². The van der Waals surface area contributed by atoms with E-state index in [4.69, 9.17) is 11.6 Å². The van der Waals surface area contributed by atoms with Gasteiger partial charge in [0, 0.05) is 10.9 Å². The molecule has 0 fully saturated rings. The van der Waals surface area contributed by atoms with Gasteiger partial charge in [-0.3, -0.25) is 0 Å². The van der Waals surface area contributed by atoms with Gasteiger partial charge in [-0.05, 0) is 37.3 Å². The van der Waals surface area contributed by atoms with Crippen molar-refractivity contribution in [2.45, 2.75) is 23.6 Å². The molecule has 1 atom stereocenters. The molecule has 1 N–H and O–H groups in total. The maximum absolute atomic E-state index is 14.5. The first-order valence-corrected chi connectivity index (χ1v) is 10.9.